The van der Waals surface area contributed by atoms with Gasteiger partial charge in [0.25, 0.3) is 5.91 Å². The van der Waals surface area contributed by atoms with E-state index in [0.717, 1.165) is 12.0 Å². The fourth-order valence-electron chi connectivity index (χ4n) is 1.81. The Labute approximate surface area is 143 Å². The summed E-state index contributed by atoms with van der Waals surface area (Å²) in [5.74, 6) is -1.43. The number of urea groups is 1. The average molecular weight is 347 g/mol. The van der Waals surface area contributed by atoms with Gasteiger partial charge in [-0.3, -0.25) is 10.1 Å². The first-order valence-corrected chi connectivity index (χ1v) is 8.15. The van der Waals surface area contributed by atoms with Crippen LogP contribution in [0.15, 0.2) is 29.6 Å². The second-order valence-electron chi connectivity index (χ2n) is 4.79. The van der Waals surface area contributed by atoms with E-state index in [9.17, 15) is 14.4 Å². The third kappa shape index (κ3) is 4.63. The molecule has 0 fully saturated rings. The Morgan fingerprint density at radius 2 is 1.92 bits per heavy atom. The maximum atomic E-state index is 11.9. The molecule has 24 heavy (non-hydrogen) atoms. The fraction of sp³-hybridized carbons (Fsp3) is 0.250. The van der Waals surface area contributed by atoms with Crippen LogP contribution in [-0.2, 0) is 16.0 Å². The second kappa shape index (κ2) is 8.21. The van der Waals surface area contributed by atoms with Crippen LogP contribution < -0.4 is 10.6 Å². The lowest BCUT2D eigenvalue weighted by Crippen LogP contribution is -2.39. The molecule has 0 radical (unpaired) electrons. The summed E-state index contributed by atoms with van der Waals surface area (Å²) in [5.41, 5.74) is 2.26. The van der Waals surface area contributed by atoms with Crippen molar-refractivity contribution in [3.63, 3.8) is 0 Å². The van der Waals surface area contributed by atoms with Crippen LogP contribution in [0, 0.1) is 0 Å². The Morgan fingerprint density at radius 3 is 2.54 bits per heavy atom. The standard InChI is InChI=1S/C16H17N3O4S/c1-3-10-4-6-11(7-5-10)14-18-12(9-24-14)15(21)23-8-13(20)19-16(22)17-2/h4-7,9H,3,8H2,1-2H3,(H2,17,19,20,22). The van der Waals surface area contributed by atoms with Crippen LogP contribution in [0.25, 0.3) is 10.6 Å². The molecule has 126 valence electrons. The number of hydrogen-bond acceptors (Lipinski definition) is 6. The van der Waals surface area contributed by atoms with Gasteiger partial charge in [0, 0.05) is 18.0 Å². The van der Waals surface area contributed by atoms with E-state index < -0.39 is 24.5 Å². The molecule has 2 N–H and O–H groups in total. The van der Waals surface area contributed by atoms with Gasteiger partial charge in [0.05, 0.1) is 0 Å². The predicted octanol–water partition coefficient (Wildman–Crippen LogP) is 1.98. The van der Waals surface area contributed by atoms with Crippen molar-refractivity contribution in [2.75, 3.05) is 13.7 Å². The van der Waals surface area contributed by atoms with E-state index in [4.69, 9.17) is 4.74 Å². The molecule has 1 aromatic carbocycles. The van der Waals surface area contributed by atoms with E-state index in [2.05, 4.69) is 17.2 Å². The first kappa shape index (κ1) is 17.6. The van der Waals surface area contributed by atoms with E-state index in [0.29, 0.717) is 5.01 Å². The zero-order valence-corrected chi connectivity index (χ0v) is 14.1. The predicted molar refractivity (Wildman–Crippen MR) is 89.8 cm³/mol. The maximum absolute atomic E-state index is 11.9. The van der Waals surface area contributed by atoms with Crippen molar-refractivity contribution in [3.05, 3.63) is 40.9 Å². The highest BCUT2D eigenvalue weighted by Crippen LogP contribution is 2.24. The van der Waals surface area contributed by atoms with E-state index in [1.165, 1.54) is 23.9 Å². The molecule has 0 atom stereocenters. The van der Waals surface area contributed by atoms with Gasteiger partial charge in [0.1, 0.15) is 5.01 Å². The monoisotopic (exact) mass is 347 g/mol. The largest absolute Gasteiger partial charge is 0.451 e. The minimum absolute atomic E-state index is 0.127. The molecule has 0 spiro atoms. The number of carbonyl (C=O) groups excluding carboxylic acids is 3. The van der Waals surface area contributed by atoms with Crippen LogP contribution in [-0.4, -0.2) is 36.5 Å². The first-order chi connectivity index (χ1) is 11.5. The van der Waals surface area contributed by atoms with Gasteiger partial charge in [-0.05, 0) is 12.0 Å². The number of ether oxygens (including phenoxy) is 1. The lowest BCUT2D eigenvalue weighted by Gasteiger charge is -2.03. The van der Waals surface area contributed by atoms with Crippen LogP contribution in [0.5, 0.6) is 0 Å². The van der Waals surface area contributed by atoms with Crippen molar-refractivity contribution >= 4 is 29.2 Å². The highest BCUT2D eigenvalue weighted by molar-refractivity contribution is 7.13. The molecule has 7 nitrogen and oxygen atoms in total. The number of nitrogens with one attached hydrogen (secondary N) is 2. The molecule has 0 saturated carbocycles. The molecule has 1 heterocycles. The summed E-state index contributed by atoms with van der Waals surface area (Å²) in [6.45, 7) is 1.52. The van der Waals surface area contributed by atoms with Crippen molar-refractivity contribution in [2.45, 2.75) is 13.3 Å². The summed E-state index contributed by atoms with van der Waals surface area (Å²) >= 11 is 1.32. The molecule has 0 aliphatic carbocycles. The molecule has 0 aliphatic rings. The van der Waals surface area contributed by atoms with Gasteiger partial charge in [-0.25, -0.2) is 14.6 Å². The SMILES string of the molecule is CCc1ccc(-c2nc(C(=O)OCC(=O)NC(=O)NC)cs2)cc1. The Bertz CT molecular complexity index is 740. The molecule has 0 saturated heterocycles. The topological polar surface area (TPSA) is 97.4 Å². The lowest BCUT2D eigenvalue weighted by atomic mass is 10.1. The summed E-state index contributed by atoms with van der Waals surface area (Å²) in [6.07, 6.45) is 0.952. The Hall–Kier alpha value is -2.74. The summed E-state index contributed by atoms with van der Waals surface area (Å²) in [6, 6.07) is 7.26. The van der Waals surface area contributed by atoms with E-state index in [1.807, 2.05) is 29.6 Å². The third-order valence-electron chi connectivity index (χ3n) is 3.14. The number of carbonyl (C=O) groups is 3. The summed E-state index contributed by atoms with van der Waals surface area (Å²) in [7, 11) is 1.37. The Balaban J connectivity index is 1.95. The number of esters is 1. The van der Waals surface area contributed by atoms with Crippen molar-refractivity contribution < 1.29 is 19.1 Å². The molecule has 2 rings (SSSR count). The van der Waals surface area contributed by atoms with Gasteiger partial charge in [-0.1, -0.05) is 31.2 Å². The van der Waals surface area contributed by atoms with Gasteiger partial charge in [0.15, 0.2) is 12.3 Å². The second-order valence-corrected chi connectivity index (χ2v) is 5.65. The lowest BCUT2D eigenvalue weighted by molar-refractivity contribution is -0.123. The third-order valence-corrected chi connectivity index (χ3v) is 4.03. The van der Waals surface area contributed by atoms with Gasteiger partial charge in [0.2, 0.25) is 0 Å². The van der Waals surface area contributed by atoms with Crippen LogP contribution in [0.3, 0.4) is 0 Å². The molecule has 1 aromatic heterocycles. The zero-order valence-electron chi connectivity index (χ0n) is 13.3. The quantitative estimate of drug-likeness (QED) is 0.806. The van der Waals surface area contributed by atoms with E-state index >= 15 is 0 Å². The number of amides is 3. The van der Waals surface area contributed by atoms with E-state index in [1.54, 1.807) is 5.38 Å². The molecule has 0 unspecified atom stereocenters. The van der Waals surface area contributed by atoms with Gasteiger partial charge < -0.3 is 10.1 Å². The van der Waals surface area contributed by atoms with Crippen LogP contribution >= 0.6 is 11.3 Å². The minimum Gasteiger partial charge on any atom is -0.451 e. The van der Waals surface area contributed by atoms with Crippen LogP contribution in [0.2, 0.25) is 0 Å². The Kier molecular flexibility index (Phi) is 6.02. The van der Waals surface area contributed by atoms with Gasteiger partial charge >= 0.3 is 12.0 Å². The number of aromatic nitrogens is 1. The molecular weight excluding hydrogens is 330 g/mol. The highest BCUT2D eigenvalue weighted by atomic mass is 32.1. The molecule has 8 heteroatoms. The van der Waals surface area contributed by atoms with E-state index in [-0.39, 0.29) is 5.69 Å². The summed E-state index contributed by atoms with van der Waals surface area (Å²) < 4.78 is 4.83. The first-order valence-electron chi connectivity index (χ1n) is 7.27. The Morgan fingerprint density at radius 1 is 1.21 bits per heavy atom. The van der Waals surface area contributed by atoms with Crippen molar-refractivity contribution in [1.29, 1.82) is 0 Å². The molecule has 0 bridgehead atoms. The molecule has 3 amide bonds. The van der Waals surface area contributed by atoms with Gasteiger partial charge in [-0.2, -0.15) is 0 Å². The van der Waals surface area contributed by atoms with Crippen molar-refractivity contribution in [1.82, 2.24) is 15.6 Å². The molecule has 2 aromatic rings. The normalized spacial score (nSPS) is 10.1. The average Bonchev–Trinajstić information content (AvgIpc) is 3.09. The summed E-state index contributed by atoms with van der Waals surface area (Å²) in [5, 5.41) is 6.48. The van der Waals surface area contributed by atoms with Crippen molar-refractivity contribution in [3.8, 4) is 10.6 Å². The number of benzene rings is 1. The minimum atomic E-state index is -0.715. The number of aryl methyl sites for hydroxylation is 1. The van der Waals surface area contributed by atoms with Crippen molar-refractivity contribution in [2.24, 2.45) is 0 Å². The van der Waals surface area contributed by atoms with Gasteiger partial charge in [-0.15, -0.1) is 11.3 Å². The maximum Gasteiger partial charge on any atom is 0.358 e. The zero-order chi connectivity index (χ0) is 17.5. The molecule has 0 aliphatic heterocycles. The number of thiazole rings is 1. The fourth-order valence-corrected chi connectivity index (χ4v) is 2.61. The highest BCUT2D eigenvalue weighted by Gasteiger charge is 2.15. The van der Waals surface area contributed by atoms with Crippen LogP contribution in [0.1, 0.15) is 23.0 Å². The molecular formula is C16H17N3O4S. The van der Waals surface area contributed by atoms with Crippen LogP contribution in [0.4, 0.5) is 4.79 Å². The number of imide groups is 1. The number of hydrogen-bond donors (Lipinski definition) is 2. The number of rotatable bonds is 5. The number of nitrogens with zero attached hydrogens (tertiary/aromatic N) is 1. The summed E-state index contributed by atoms with van der Waals surface area (Å²) in [4.78, 5) is 38.4. The smallest absolute Gasteiger partial charge is 0.358 e.